The topological polar surface area (TPSA) is 41.6 Å². The van der Waals surface area contributed by atoms with Gasteiger partial charge < -0.3 is 10.1 Å². The lowest BCUT2D eigenvalue weighted by atomic mass is 9.94. The quantitative estimate of drug-likeness (QED) is 0.728. The van der Waals surface area contributed by atoms with Crippen molar-refractivity contribution in [3.8, 4) is 5.75 Å². The van der Waals surface area contributed by atoms with E-state index in [0.717, 1.165) is 29.1 Å². The van der Waals surface area contributed by atoms with Gasteiger partial charge in [0.05, 0.1) is 0 Å². The number of benzene rings is 2. The van der Waals surface area contributed by atoms with Gasteiger partial charge in [0.1, 0.15) is 5.75 Å². The van der Waals surface area contributed by atoms with E-state index in [1.165, 1.54) is 37.7 Å². The first-order chi connectivity index (χ1) is 13.5. The van der Waals surface area contributed by atoms with Gasteiger partial charge in [-0.25, -0.2) is 0 Å². The number of anilines is 1. The molecule has 4 heteroatoms. The zero-order valence-corrected chi connectivity index (χ0v) is 17.3. The minimum absolute atomic E-state index is 0.00923. The fourth-order valence-corrected chi connectivity index (χ4v) is 3.84. The lowest BCUT2D eigenvalue weighted by molar-refractivity contribution is -0.118. The molecule has 0 saturated heterocycles. The Labute approximate surface area is 168 Å². The molecule has 0 bridgehead atoms. The number of aryl methyl sites for hydroxylation is 2. The Balaban J connectivity index is 1.57. The molecule has 1 aliphatic carbocycles. The molecule has 1 N–H and O–H groups in total. The molecule has 0 heterocycles. The predicted molar refractivity (Wildman–Crippen MR) is 115 cm³/mol. The first-order valence-electron chi connectivity index (χ1n) is 10.3. The summed E-state index contributed by atoms with van der Waals surface area (Å²) in [4.78, 5) is 14.9. The molecule has 150 valence electrons. The van der Waals surface area contributed by atoms with Crippen LogP contribution in [0.4, 0.5) is 5.69 Å². The van der Waals surface area contributed by atoms with E-state index in [9.17, 15) is 4.79 Å². The molecule has 1 saturated carbocycles. The van der Waals surface area contributed by atoms with E-state index < -0.39 is 0 Å². The first-order valence-corrected chi connectivity index (χ1v) is 10.3. The van der Waals surface area contributed by atoms with Crippen molar-refractivity contribution in [3.63, 3.8) is 0 Å². The Morgan fingerprint density at radius 2 is 1.82 bits per heavy atom. The number of nitrogens with zero attached hydrogens (tertiary/aromatic N) is 1. The summed E-state index contributed by atoms with van der Waals surface area (Å²) in [5.74, 6) is 0.592. The minimum atomic E-state index is -0.133. The zero-order valence-electron chi connectivity index (χ0n) is 17.3. The van der Waals surface area contributed by atoms with E-state index in [1.54, 1.807) is 0 Å². The van der Waals surface area contributed by atoms with Crippen LogP contribution in [0, 0.1) is 13.8 Å². The second kappa shape index (κ2) is 9.74. The zero-order chi connectivity index (χ0) is 19.9. The molecule has 1 fully saturated rings. The van der Waals surface area contributed by atoms with Crippen LogP contribution in [0.5, 0.6) is 5.75 Å². The number of hydrogen-bond donors (Lipinski definition) is 1. The van der Waals surface area contributed by atoms with E-state index in [0.29, 0.717) is 6.04 Å². The molecule has 0 atom stereocenters. The monoisotopic (exact) mass is 380 g/mol. The highest BCUT2D eigenvalue weighted by molar-refractivity contribution is 5.92. The minimum Gasteiger partial charge on any atom is -0.484 e. The molecule has 2 aromatic rings. The van der Waals surface area contributed by atoms with E-state index in [1.807, 2.05) is 43.3 Å². The Bertz CT molecular complexity index is 797. The van der Waals surface area contributed by atoms with Crippen LogP contribution in [0.2, 0.25) is 0 Å². The first kappa shape index (κ1) is 20.4. The van der Waals surface area contributed by atoms with Crippen molar-refractivity contribution in [3.05, 3.63) is 59.2 Å². The molecular weight excluding hydrogens is 348 g/mol. The van der Waals surface area contributed by atoms with Gasteiger partial charge in [-0.1, -0.05) is 43.5 Å². The third-order valence-corrected chi connectivity index (χ3v) is 5.76. The fourth-order valence-electron chi connectivity index (χ4n) is 3.84. The summed E-state index contributed by atoms with van der Waals surface area (Å²) in [6, 6.07) is 14.6. The maximum atomic E-state index is 12.4. The second-order valence-corrected chi connectivity index (χ2v) is 7.95. The number of hydrogen-bond acceptors (Lipinski definition) is 3. The maximum Gasteiger partial charge on any atom is 0.262 e. The van der Waals surface area contributed by atoms with Gasteiger partial charge in [-0.15, -0.1) is 0 Å². The Morgan fingerprint density at radius 1 is 1.07 bits per heavy atom. The number of carbonyl (C=O) groups excluding carboxylic acids is 1. The molecular formula is C24H32N2O2. The average molecular weight is 381 g/mol. The van der Waals surface area contributed by atoms with Crippen molar-refractivity contribution in [2.45, 2.75) is 58.5 Å². The number of para-hydroxylation sites is 1. The van der Waals surface area contributed by atoms with Crippen LogP contribution in [-0.2, 0) is 11.3 Å². The van der Waals surface area contributed by atoms with Crippen LogP contribution in [0.15, 0.2) is 42.5 Å². The highest BCUT2D eigenvalue weighted by Crippen LogP contribution is 2.25. The summed E-state index contributed by atoms with van der Waals surface area (Å²) in [7, 11) is 2.19. The van der Waals surface area contributed by atoms with Gasteiger partial charge in [0.15, 0.2) is 6.61 Å². The van der Waals surface area contributed by atoms with Crippen molar-refractivity contribution < 1.29 is 9.53 Å². The summed E-state index contributed by atoms with van der Waals surface area (Å²) in [5.41, 5.74) is 4.40. The largest absolute Gasteiger partial charge is 0.484 e. The fraction of sp³-hybridized carbons (Fsp3) is 0.458. The summed E-state index contributed by atoms with van der Waals surface area (Å²) < 4.78 is 5.67. The van der Waals surface area contributed by atoms with E-state index in [2.05, 4.69) is 30.3 Å². The van der Waals surface area contributed by atoms with Crippen molar-refractivity contribution in [1.82, 2.24) is 4.90 Å². The van der Waals surface area contributed by atoms with Crippen molar-refractivity contribution in [2.24, 2.45) is 0 Å². The van der Waals surface area contributed by atoms with Crippen LogP contribution in [0.25, 0.3) is 0 Å². The third kappa shape index (κ3) is 5.59. The van der Waals surface area contributed by atoms with Crippen LogP contribution in [-0.4, -0.2) is 30.5 Å². The molecule has 0 radical (unpaired) electrons. The van der Waals surface area contributed by atoms with E-state index in [4.69, 9.17) is 4.74 Å². The normalized spacial score (nSPS) is 14.9. The molecule has 1 aliphatic rings. The van der Waals surface area contributed by atoms with Gasteiger partial charge in [0, 0.05) is 18.3 Å². The molecule has 4 nitrogen and oxygen atoms in total. The molecule has 0 aromatic heterocycles. The Hall–Kier alpha value is -2.33. The van der Waals surface area contributed by atoms with Gasteiger partial charge in [0.2, 0.25) is 0 Å². The molecule has 0 unspecified atom stereocenters. The smallest absolute Gasteiger partial charge is 0.262 e. The molecule has 28 heavy (non-hydrogen) atoms. The summed E-state index contributed by atoms with van der Waals surface area (Å²) in [5, 5.41) is 3.02. The van der Waals surface area contributed by atoms with Gasteiger partial charge in [-0.05, 0) is 68.6 Å². The van der Waals surface area contributed by atoms with Gasteiger partial charge in [0.25, 0.3) is 5.91 Å². The van der Waals surface area contributed by atoms with Crippen LogP contribution < -0.4 is 10.1 Å². The second-order valence-electron chi connectivity index (χ2n) is 7.95. The van der Waals surface area contributed by atoms with E-state index >= 15 is 0 Å². The van der Waals surface area contributed by atoms with E-state index in [-0.39, 0.29) is 12.5 Å². The lowest BCUT2D eigenvalue weighted by Gasteiger charge is -2.31. The third-order valence-electron chi connectivity index (χ3n) is 5.76. The van der Waals surface area contributed by atoms with Crippen molar-refractivity contribution in [1.29, 1.82) is 0 Å². The van der Waals surface area contributed by atoms with Gasteiger partial charge >= 0.3 is 0 Å². The molecule has 0 spiro atoms. The van der Waals surface area contributed by atoms with Gasteiger partial charge in [-0.2, -0.15) is 0 Å². The standard InChI is InChI=1S/C24H32N2O2/c1-18-13-14-22(15-19(18)2)28-17-24(27)25-23-12-8-7-9-20(23)16-26(3)21-10-5-4-6-11-21/h7-9,12-15,21H,4-6,10-11,16-17H2,1-3H3,(H,25,27). The van der Waals surface area contributed by atoms with Crippen LogP contribution in [0.3, 0.4) is 0 Å². The molecule has 1 amide bonds. The Morgan fingerprint density at radius 3 is 2.57 bits per heavy atom. The number of ether oxygens (including phenoxy) is 1. The highest BCUT2D eigenvalue weighted by atomic mass is 16.5. The molecule has 3 rings (SSSR count). The van der Waals surface area contributed by atoms with Gasteiger partial charge in [-0.3, -0.25) is 9.69 Å². The molecule has 2 aromatic carbocycles. The summed E-state index contributed by atoms with van der Waals surface area (Å²) >= 11 is 0. The number of carbonyl (C=O) groups is 1. The number of amides is 1. The highest BCUT2D eigenvalue weighted by Gasteiger charge is 2.19. The molecule has 0 aliphatic heterocycles. The summed E-state index contributed by atoms with van der Waals surface area (Å²) in [6.45, 7) is 4.96. The lowest BCUT2D eigenvalue weighted by Crippen LogP contribution is -2.33. The van der Waals surface area contributed by atoms with Crippen LogP contribution >= 0.6 is 0 Å². The summed E-state index contributed by atoms with van der Waals surface area (Å²) in [6.07, 6.45) is 6.55. The van der Waals surface area contributed by atoms with Crippen molar-refractivity contribution >= 4 is 11.6 Å². The average Bonchev–Trinajstić information content (AvgIpc) is 2.71. The number of nitrogens with one attached hydrogen (secondary N) is 1. The SMILES string of the molecule is Cc1ccc(OCC(=O)Nc2ccccc2CN(C)C2CCCCC2)cc1C. The predicted octanol–water partition coefficient (Wildman–Crippen LogP) is 5.09. The number of rotatable bonds is 7. The maximum absolute atomic E-state index is 12.4. The van der Waals surface area contributed by atoms with Crippen molar-refractivity contribution in [2.75, 3.05) is 19.0 Å². The Kier molecular flexibility index (Phi) is 7.10. The van der Waals surface area contributed by atoms with Crippen LogP contribution in [0.1, 0.15) is 48.8 Å².